The lowest BCUT2D eigenvalue weighted by atomic mass is 9.83. The molecular weight excluding hydrogens is 436 g/mol. The predicted molar refractivity (Wildman–Crippen MR) is 121 cm³/mol. The summed E-state index contributed by atoms with van der Waals surface area (Å²) in [6.45, 7) is 1.94. The van der Waals surface area contributed by atoms with Crippen molar-refractivity contribution in [2.24, 2.45) is 4.40 Å². The van der Waals surface area contributed by atoms with E-state index < -0.39 is 22.7 Å². The maximum Gasteiger partial charge on any atom is 0.175 e. The molecule has 0 aliphatic carbocycles. The molecule has 2 unspecified atom stereocenters. The van der Waals surface area contributed by atoms with Crippen LogP contribution < -0.4 is 10.4 Å². The van der Waals surface area contributed by atoms with Crippen LogP contribution in [0.3, 0.4) is 0 Å². The number of aromatic nitrogens is 1. The fourth-order valence-electron chi connectivity index (χ4n) is 4.04. The lowest BCUT2D eigenvalue weighted by Crippen LogP contribution is -2.53. The summed E-state index contributed by atoms with van der Waals surface area (Å²) in [4.78, 5) is 18.1. The minimum Gasteiger partial charge on any atom is -0.339 e. The first-order chi connectivity index (χ1) is 14.8. The molecule has 2 aromatic heterocycles. The maximum atomic E-state index is 13.6. The molecule has 31 heavy (non-hydrogen) atoms. The molecule has 4 heterocycles. The topological polar surface area (TPSA) is 118 Å². The molecule has 3 aromatic rings. The lowest BCUT2D eigenvalue weighted by molar-refractivity contribution is -0.122. The smallest absolute Gasteiger partial charge is 0.175 e. The van der Waals surface area contributed by atoms with Gasteiger partial charge in [-0.15, -0.1) is 15.7 Å². The van der Waals surface area contributed by atoms with Gasteiger partial charge in [-0.25, -0.2) is 5.06 Å². The van der Waals surface area contributed by atoms with Gasteiger partial charge in [0, 0.05) is 12.4 Å². The number of benzene rings is 1. The van der Waals surface area contributed by atoms with E-state index in [9.17, 15) is 19.1 Å². The molecule has 5 rings (SSSR count). The van der Waals surface area contributed by atoms with Crippen LogP contribution in [0.15, 0.2) is 63.5 Å². The van der Waals surface area contributed by atoms with Gasteiger partial charge in [-0.1, -0.05) is 29.0 Å². The van der Waals surface area contributed by atoms with Crippen molar-refractivity contribution in [1.82, 2.24) is 4.98 Å². The van der Waals surface area contributed by atoms with Gasteiger partial charge in [0.15, 0.2) is 17.7 Å². The quantitative estimate of drug-likeness (QED) is 0.459. The van der Waals surface area contributed by atoms with Gasteiger partial charge < -0.3 is 5.32 Å². The number of thiophene rings is 1. The number of amidine groups is 1. The Morgan fingerprint density at radius 3 is 2.84 bits per heavy atom. The van der Waals surface area contributed by atoms with Crippen LogP contribution in [0, 0.1) is 6.92 Å². The molecule has 0 amide bonds. The molecule has 0 fully saturated rings. The molecule has 0 saturated carbocycles. The van der Waals surface area contributed by atoms with E-state index in [1.807, 2.05) is 24.4 Å². The molecule has 0 radical (unpaired) electrons. The Morgan fingerprint density at radius 1 is 1.23 bits per heavy atom. The summed E-state index contributed by atoms with van der Waals surface area (Å²) < 4.78 is 25.2. The number of Topliss-reactive ketones (excluding diaryl/α,β-unsaturated/α-hetero) is 1. The highest BCUT2D eigenvalue weighted by Gasteiger charge is 2.45. The van der Waals surface area contributed by atoms with E-state index >= 15 is 0 Å². The van der Waals surface area contributed by atoms with Gasteiger partial charge in [0.2, 0.25) is 0 Å². The Balaban J connectivity index is 1.56. The van der Waals surface area contributed by atoms with Crippen LogP contribution in [-0.4, -0.2) is 37.0 Å². The van der Waals surface area contributed by atoms with Crippen molar-refractivity contribution in [1.29, 1.82) is 0 Å². The highest BCUT2D eigenvalue weighted by atomic mass is 32.3. The third-order valence-corrected chi connectivity index (χ3v) is 7.73. The monoisotopic (exact) mass is 456 g/mol. The average molecular weight is 457 g/mol. The fourth-order valence-corrected chi connectivity index (χ4v) is 6.14. The zero-order valence-corrected chi connectivity index (χ0v) is 18.1. The van der Waals surface area contributed by atoms with Crippen molar-refractivity contribution in [2.75, 3.05) is 10.4 Å². The molecular formula is C21H20N4O4S2. The third-order valence-electron chi connectivity index (χ3n) is 5.42. The normalized spacial score (nSPS) is 22.8. The number of aryl methyl sites for hydroxylation is 1. The number of pyridine rings is 1. The molecule has 10 heteroatoms. The second-order valence-electron chi connectivity index (χ2n) is 7.57. The molecule has 2 atom stereocenters. The number of rotatable bonds is 3. The number of fused-ring (bicyclic) bond motifs is 2. The SMILES string of the molecule is Cc1cncc(CC2C(=O)C(C3=NS(O)(O)c4ccccc4N3)N(O)c3sccc32)c1. The van der Waals surface area contributed by atoms with Crippen molar-refractivity contribution in [3.05, 3.63) is 70.9 Å². The van der Waals surface area contributed by atoms with Crippen molar-refractivity contribution in [3.8, 4) is 0 Å². The molecule has 1 aromatic carbocycles. The van der Waals surface area contributed by atoms with E-state index in [1.165, 1.54) is 11.3 Å². The van der Waals surface area contributed by atoms with Gasteiger partial charge >= 0.3 is 0 Å². The van der Waals surface area contributed by atoms with Crippen LogP contribution in [0.4, 0.5) is 10.7 Å². The summed E-state index contributed by atoms with van der Waals surface area (Å²) in [5.74, 6) is -0.796. The van der Waals surface area contributed by atoms with Gasteiger partial charge in [0.1, 0.15) is 9.90 Å². The Hall–Kier alpha value is -2.76. The van der Waals surface area contributed by atoms with Crippen molar-refractivity contribution >= 4 is 44.4 Å². The van der Waals surface area contributed by atoms with Crippen LogP contribution in [0.5, 0.6) is 0 Å². The van der Waals surface area contributed by atoms with E-state index in [2.05, 4.69) is 14.7 Å². The zero-order chi connectivity index (χ0) is 21.8. The van der Waals surface area contributed by atoms with Crippen LogP contribution >= 0.6 is 22.1 Å². The summed E-state index contributed by atoms with van der Waals surface area (Å²) in [7, 11) is -3.50. The number of nitrogens with zero attached hydrogens (tertiary/aromatic N) is 3. The molecule has 0 bridgehead atoms. The highest BCUT2D eigenvalue weighted by molar-refractivity contribution is 8.23. The Labute approximate surface area is 184 Å². The number of nitrogens with one attached hydrogen (secondary N) is 1. The van der Waals surface area contributed by atoms with Gasteiger partial charge in [-0.2, -0.15) is 0 Å². The summed E-state index contributed by atoms with van der Waals surface area (Å²) in [5.41, 5.74) is 3.09. The van der Waals surface area contributed by atoms with E-state index in [0.717, 1.165) is 21.8 Å². The van der Waals surface area contributed by atoms with Gasteiger partial charge in [0.05, 0.1) is 11.6 Å². The van der Waals surface area contributed by atoms with Crippen LogP contribution in [0.1, 0.15) is 22.6 Å². The first kappa shape index (κ1) is 20.2. The zero-order valence-electron chi connectivity index (χ0n) is 16.5. The molecule has 160 valence electrons. The summed E-state index contributed by atoms with van der Waals surface area (Å²) in [6, 6.07) is 9.31. The van der Waals surface area contributed by atoms with Gasteiger partial charge in [-0.05, 0) is 53.6 Å². The average Bonchev–Trinajstić information content (AvgIpc) is 3.21. The van der Waals surface area contributed by atoms with Crippen LogP contribution in [0.25, 0.3) is 0 Å². The Kier molecular flexibility index (Phi) is 4.83. The number of hydrogen-bond donors (Lipinski definition) is 4. The van der Waals surface area contributed by atoms with Crippen molar-refractivity contribution in [2.45, 2.75) is 30.2 Å². The first-order valence-electron chi connectivity index (χ1n) is 9.59. The van der Waals surface area contributed by atoms with Gasteiger partial charge in [-0.3, -0.25) is 24.1 Å². The van der Waals surface area contributed by atoms with Crippen LogP contribution in [0.2, 0.25) is 0 Å². The molecule has 0 saturated heterocycles. The summed E-state index contributed by atoms with van der Waals surface area (Å²) in [6.07, 6.45) is 3.90. The standard InChI is InChI=1S/C21H20N4O4S2/c1-12-8-13(11-22-10-12)9-15-14-6-7-30-21(14)25(27)18(19(15)26)20-23-16-4-2-3-5-17(16)31(28,29)24-20/h2-8,10-11,15,18,27-29H,9H2,1H3,(H,23,24). The van der Waals surface area contributed by atoms with E-state index in [4.69, 9.17) is 0 Å². The van der Waals surface area contributed by atoms with E-state index in [0.29, 0.717) is 17.1 Å². The third kappa shape index (κ3) is 3.42. The largest absolute Gasteiger partial charge is 0.339 e. The minimum absolute atomic E-state index is 0.0117. The predicted octanol–water partition coefficient (Wildman–Crippen LogP) is 4.47. The number of ketones is 1. The Bertz CT molecular complexity index is 1210. The number of hydrogen-bond acceptors (Lipinski definition) is 9. The van der Waals surface area contributed by atoms with Gasteiger partial charge in [0.25, 0.3) is 0 Å². The lowest BCUT2D eigenvalue weighted by Gasteiger charge is -2.40. The summed E-state index contributed by atoms with van der Waals surface area (Å²) in [5, 5.41) is 17.2. The molecule has 0 spiro atoms. The first-order valence-corrected chi connectivity index (χ1v) is 12.0. The number of hydroxylamine groups is 1. The maximum absolute atomic E-state index is 13.6. The number of carbonyl (C=O) groups excluding carboxylic acids is 1. The number of para-hydroxylation sites is 1. The minimum atomic E-state index is -3.50. The second-order valence-corrected chi connectivity index (χ2v) is 10.1. The number of anilines is 2. The summed E-state index contributed by atoms with van der Waals surface area (Å²) >= 11 is 1.31. The highest BCUT2D eigenvalue weighted by Crippen LogP contribution is 2.55. The second kappa shape index (κ2) is 7.43. The van der Waals surface area contributed by atoms with Crippen molar-refractivity contribution < 1.29 is 19.1 Å². The molecule has 4 N–H and O–H groups in total. The Morgan fingerprint density at radius 2 is 2.03 bits per heavy atom. The molecule has 2 aliphatic rings. The van der Waals surface area contributed by atoms with E-state index in [1.54, 1.807) is 36.7 Å². The fraction of sp³-hybridized carbons (Fsp3) is 0.190. The van der Waals surface area contributed by atoms with Crippen LogP contribution in [-0.2, 0) is 11.2 Å². The van der Waals surface area contributed by atoms with E-state index in [-0.39, 0.29) is 16.5 Å². The molecule has 8 nitrogen and oxygen atoms in total. The van der Waals surface area contributed by atoms with Crippen molar-refractivity contribution in [3.63, 3.8) is 0 Å². The molecule has 2 aliphatic heterocycles. The number of carbonyl (C=O) groups is 1.